The first-order valence-corrected chi connectivity index (χ1v) is 15.5. The van der Waals surface area contributed by atoms with Gasteiger partial charge in [-0.05, 0) is 6.42 Å². The van der Waals surface area contributed by atoms with Gasteiger partial charge in [0.1, 0.15) is 24.9 Å². The molecule has 0 aromatic carbocycles. The zero-order chi connectivity index (χ0) is 28.7. The Labute approximate surface area is 236 Å². The predicted octanol–water partition coefficient (Wildman–Crippen LogP) is 5.30. The number of carbonyl (C=O) groups is 1. The highest BCUT2D eigenvalue weighted by Gasteiger charge is 2.45. The maximum absolute atomic E-state index is 12.1. The predicted molar refractivity (Wildman–Crippen MR) is 151 cm³/mol. The van der Waals surface area contributed by atoms with Crippen molar-refractivity contribution in [2.75, 3.05) is 34.0 Å². The molecule has 0 aromatic rings. The van der Waals surface area contributed by atoms with Crippen LogP contribution >= 0.6 is 0 Å². The van der Waals surface area contributed by atoms with Crippen LogP contribution < -0.4 is 0 Å². The number of rotatable bonds is 24. The van der Waals surface area contributed by atoms with Crippen molar-refractivity contribution in [2.24, 2.45) is 0 Å². The quantitative estimate of drug-likeness (QED) is 0.106. The van der Waals surface area contributed by atoms with Gasteiger partial charge in [0.25, 0.3) is 0 Å². The van der Waals surface area contributed by atoms with Crippen LogP contribution in [-0.4, -0.2) is 92.1 Å². The number of methoxy groups -OCH3 is 2. The fourth-order valence-corrected chi connectivity index (χ4v) is 4.99. The monoisotopic (exact) mass is 562 g/mol. The van der Waals surface area contributed by atoms with E-state index in [9.17, 15) is 20.1 Å². The van der Waals surface area contributed by atoms with Gasteiger partial charge in [0.2, 0.25) is 0 Å². The van der Waals surface area contributed by atoms with E-state index >= 15 is 0 Å². The van der Waals surface area contributed by atoms with Crippen molar-refractivity contribution in [3.63, 3.8) is 0 Å². The molecule has 0 aromatic heterocycles. The van der Waals surface area contributed by atoms with Crippen molar-refractivity contribution in [3.05, 3.63) is 0 Å². The van der Waals surface area contributed by atoms with Gasteiger partial charge in [-0.1, -0.05) is 103 Å². The Morgan fingerprint density at radius 2 is 1.26 bits per heavy atom. The highest BCUT2D eigenvalue weighted by atomic mass is 16.7. The molecule has 0 unspecified atom stereocenters. The lowest BCUT2D eigenvalue weighted by atomic mass is 9.87. The van der Waals surface area contributed by atoms with E-state index in [0.29, 0.717) is 13.2 Å². The van der Waals surface area contributed by atoms with E-state index in [4.69, 9.17) is 23.7 Å². The number of aliphatic hydroxyl groups excluding tert-OH is 3. The molecule has 0 bridgehead atoms. The van der Waals surface area contributed by atoms with Crippen LogP contribution in [0.4, 0.5) is 4.79 Å². The molecular weight excluding hydrogens is 504 g/mol. The molecule has 1 aliphatic rings. The van der Waals surface area contributed by atoms with Gasteiger partial charge < -0.3 is 39.0 Å². The fourth-order valence-electron chi connectivity index (χ4n) is 4.99. The molecule has 9 nitrogen and oxygen atoms in total. The van der Waals surface area contributed by atoms with Crippen molar-refractivity contribution in [1.82, 2.24) is 0 Å². The third-order valence-corrected chi connectivity index (χ3v) is 7.62. The average Bonchev–Trinajstić information content (AvgIpc) is 2.94. The van der Waals surface area contributed by atoms with E-state index in [2.05, 4.69) is 6.92 Å². The summed E-state index contributed by atoms with van der Waals surface area (Å²) in [6.07, 6.45) is 13.8. The minimum atomic E-state index is -1.48. The molecule has 0 radical (unpaired) electrons. The minimum absolute atomic E-state index is 0.0283. The summed E-state index contributed by atoms with van der Waals surface area (Å²) in [7, 11) is 2.89. The highest BCUT2D eigenvalue weighted by molar-refractivity contribution is 5.60. The normalized spacial score (nSPS) is 24.0. The number of hydrogen-bond acceptors (Lipinski definition) is 9. The summed E-state index contributed by atoms with van der Waals surface area (Å²) in [6, 6.07) is 0. The van der Waals surface area contributed by atoms with E-state index in [1.165, 1.54) is 104 Å². The third-order valence-electron chi connectivity index (χ3n) is 7.62. The summed E-state index contributed by atoms with van der Waals surface area (Å²) in [5.74, 6) is 0. The van der Waals surface area contributed by atoms with Gasteiger partial charge in [-0.2, -0.15) is 0 Å². The molecule has 3 N–H and O–H groups in total. The van der Waals surface area contributed by atoms with Crippen molar-refractivity contribution in [3.8, 4) is 0 Å². The Kier molecular flexibility index (Phi) is 21.9. The van der Waals surface area contributed by atoms with E-state index in [1.54, 1.807) is 0 Å². The first-order chi connectivity index (χ1) is 18.9. The molecular formula is C30H58O9. The molecule has 1 saturated carbocycles. The topological polar surface area (TPSA) is 124 Å². The van der Waals surface area contributed by atoms with Crippen molar-refractivity contribution >= 4 is 6.16 Å². The third kappa shape index (κ3) is 16.8. The molecule has 0 spiro atoms. The second-order valence-corrected chi connectivity index (χ2v) is 10.9. The van der Waals surface area contributed by atoms with Crippen molar-refractivity contribution in [2.45, 2.75) is 153 Å². The zero-order valence-electron chi connectivity index (χ0n) is 24.9. The average molecular weight is 563 g/mol. The van der Waals surface area contributed by atoms with Crippen LogP contribution in [-0.2, 0) is 23.7 Å². The fraction of sp³-hybridized carbons (Fsp3) is 0.967. The smallest absolute Gasteiger partial charge is 0.431 e. The largest absolute Gasteiger partial charge is 0.508 e. The Morgan fingerprint density at radius 3 is 1.74 bits per heavy atom. The van der Waals surface area contributed by atoms with Crippen LogP contribution in [0.2, 0.25) is 0 Å². The molecule has 1 rings (SSSR count). The molecule has 232 valence electrons. The lowest BCUT2D eigenvalue weighted by molar-refractivity contribution is -0.189. The molecule has 0 amide bonds. The second kappa shape index (κ2) is 23.7. The van der Waals surface area contributed by atoms with E-state index in [-0.39, 0.29) is 13.0 Å². The van der Waals surface area contributed by atoms with Gasteiger partial charge in [0.15, 0.2) is 6.10 Å². The minimum Gasteiger partial charge on any atom is -0.431 e. The highest BCUT2D eigenvalue weighted by Crippen LogP contribution is 2.25. The number of unbranched alkanes of at least 4 members (excludes halogenated alkanes) is 15. The Balaban J connectivity index is 1.98. The zero-order valence-corrected chi connectivity index (χ0v) is 24.9. The van der Waals surface area contributed by atoms with Gasteiger partial charge in [-0.3, -0.25) is 0 Å². The van der Waals surface area contributed by atoms with Crippen LogP contribution in [0, 0.1) is 0 Å². The molecule has 1 aliphatic carbocycles. The maximum atomic E-state index is 12.1. The summed E-state index contributed by atoms with van der Waals surface area (Å²) < 4.78 is 26.4. The lowest BCUT2D eigenvalue weighted by Crippen LogP contribution is -2.57. The summed E-state index contributed by atoms with van der Waals surface area (Å²) >= 11 is 0. The van der Waals surface area contributed by atoms with Crippen LogP contribution in [0.15, 0.2) is 0 Å². The van der Waals surface area contributed by atoms with Gasteiger partial charge in [-0.15, -0.1) is 0 Å². The van der Waals surface area contributed by atoms with Gasteiger partial charge in [-0.25, -0.2) is 4.79 Å². The summed E-state index contributed by atoms with van der Waals surface area (Å²) in [5.41, 5.74) is 0. The number of carbonyl (C=O) groups excluding carboxylic acids is 1. The Bertz CT molecular complexity index is 575. The molecule has 1 fully saturated rings. The van der Waals surface area contributed by atoms with Gasteiger partial charge in [0.05, 0.1) is 18.8 Å². The summed E-state index contributed by atoms with van der Waals surface area (Å²) in [6.45, 7) is 3.12. The van der Waals surface area contributed by atoms with E-state index in [1.807, 2.05) is 0 Å². The Morgan fingerprint density at radius 1 is 0.744 bits per heavy atom. The van der Waals surface area contributed by atoms with Crippen molar-refractivity contribution < 1.29 is 43.8 Å². The summed E-state index contributed by atoms with van der Waals surface area (Å²) in [4.78, 5) is 12.1. The molecule has 9 heteroatoms. The molecule has 0 aliphatic heterocycles. The summed E-state index contributed by atoms with van der Waals surface area (Å²) in [5, 5.41) is 29.8. The maximum Gasteiger partial charge on any atom is 0.508 e. The lowest BCUT2D eigenvalue weighted by Gasteiger charge is -2.39. The van der Waals surface area contributed by atoms with Crippen LogP contribution in [0.5, 0.6) is 0 Å². The second-order valence-electron chi connectivity index (χ2n) is 10.9. The standard InChI is InChI=1S/C30H58O9/c1-4-5-6-7-8-9-10-11-12-13-14-15-16-17-18-19-20-37-22-24(35-2)23-38-30(34)39-29-26(36-3)21-25(31)27(32)28(29)33/h24-29,31-33H,4-23H2,1-3H3/t24-,25-,26-,27+,28-,29-/m1/s1. The van der Waals surface area contributed by atoms with Crippen LogP contribution in [0.3, 0.4) is 0 Å². The molecule has 0 heterocycles. The Hall–Kier alpha value is -0.970. The van der Waals surface area contributed by atoms with Crippen LogP contribution in [0.1, 0.15) is 116 Å². The first-order valence-electron chi connectivity index (χ1n) is 15.5. The van der Waals surface area contributed by atoms with Crippen molar-refractivity contribution in [1.29, 1.82) is 0 Å². The molecule has 39 heavy (non-hydrogen) atoms. The van der Waals surface area contributed by atoms with Gasteiger partial charge >= 0.3 is 6.16 Å². The van der Waals surface area contributed by atoms with E-state index in [0.717, 1.165) is 12.8 Å². The number of hydrogen-bond donors (Lipinski definition) is 3. The number of aliphatic hydroxyl groups is 3. The van der Waals surface area contributed by atoms with Crippen LogP contribution in [0.25, 0.3) is 0 Å². The molecule has 6 atom stereocenters. The molecule has 0 saturated heterocycles. The first kappa shape index (κ1) is 36.1. The van der Waals surface area contributed by atoms with E-state index < -0.39 is 42.8 Å². The SMILES string of the molecule is CCCCCCCCCCCCCCCCCCOC[C@H](COC(=O)O[C@H]1[C@H](O)[C@@H](O)[C@H](O)C[C@H]1OC)OC. The van der Waals surface area contributed by atoms with Gasteiger partial charge in [0, 0.05) is 27.2 Å². The number of ether oxygens (including phenoxy) is 5.